The number of nitrogens with one attached hydrogen (secondary N) is 1. The highest BCUT2D eigenvalue weighted by atomic mass is 35.5. The fourth-order valence-electron chi connectivity index (χ4n) is 4.32. The van der Waals surface area contributed by atoms with Crippen LogP contribution in [-0.4, -0.2) is 20.6 Å². The van der Waals surface area contributed by atoms with Crippen LogP contribution in [0.25, 0.3) is 0 Å². The number of halogens is 1. The van der Waals surface area contributed by atoms with E-state index in [1.54, 1.807) is 48.5 Å². The number of amides is 1. The summed E-state index contributed by atoms with van der Waals surface area (Å²) in [6, 6.07) is 20.1. The van der Waals surface area contributed by atoms with Crippen molar-refractivity contribution in [1.82, 2.24) is 5.32 Å². The molecule has 1 atom stereocenters. The predicted molar refractivity (Wildman–Crippen MR) is 138 cm³/mol. The van der Waals surface area contributed by atoms with Gasteiger partial charge in [0.2, 0.25) is 10.0 Å². The molecule has 5 nitrogen and oxygen atoms in total. The van der Waals surface area contributed by atoms with E-state index in [-0.39, 0.29) is 18.5 Å². The molecule has 0 aromatic heterocycles. The van der Waals surface area contributed by atoms with Crippen molar-refractivity contribution in [3.8, 4) is 0 Å². The second-order valence-electron chi connectivity index (χ2n) is 8.87. The molecule has 178 valence electrons. The Morgan fingerprint density at radius 2 is 1.62 bits per heavy atom. The first-order valence-corrected chi connectivity index (χ1v) is 13.7. The van der Waals surface area contributed by atoms with Gasteiger partial charge >= 0.3 is 0 Å². The zero-order valence-corrected chi connectivity index (χ0v) is 21.0. The van der Waals surface area contributed by atoms with Crippen molar-refractivity contribution in [2.45, 2.75) is 45.2 Å². The van der Waals surface area contributed by atoms with Gasteiger partial charge in [0.05, 0.1) is 24.5 Å². The summed E-state index contributed by atoms with van der Waals surface area (Å²) in [6.07, 6.45) is 5.85. The lowest BCUT2D eigenvalue weighted by molar-refractivity contribution is 0.0940. The Labute approximate surface area is 206 Å². The van der Waals surface area contributed by atoms with Crippen LogP contribution in [0.3, 0.4) is 0 Å². The minimum atomic E-state index is -3.52. The third-order valence-corrected chi connectivity index (χ3v) is 7.67. The van der Waals surface area contributed by atoms with Gasteiger partial charge in [0, 0.05) is 10.6 Å². The Balaban J connectivity index is 1.47. The molecule has 4 rings (SSSR count). The first kappa shape index (κ1) is 24.3. The number of aryl methyl sites for hydroxylation is 2. The Bertz CT molecular complexity index is 1270. The van der Waals surface area contributed by atoms with Crippen molar-refractivity contribution in [3.63, 3.8) is 0 Å². The van der Waals surface area contributed by atoms with Crippen LogP contribution >= 0.6 is 11.6 Å². The second-order valence-corrected chi connectivity index (χ2v) is 11.2. The van der Waals surface area contributed by atoms with E-state index in [0.29, 0.717) is 16.3 Å². The first-order valence-electron chi connectivity index (χ1n) is 11.5. The predicted octanol–water partition coefficient (Wildman–Crippen LogP) is 5.68. The monoisotopic (exact) mass is 496 g/mol. The second kappa shape index (κ2) is 10.2. The number of carbonyl (C=O) groups excluding carboxylic acids is 1. The first-order chi connectivity index (χ1) is 16.2. The minimum Gasteiger partial charge on any atom is -0.346 e. The maximum Gasteiger partial charge on any atom is 0.251 e. The number of hydrogen-bond acceptors (Lipinski definition) is 3. The molecule has 0 fully saturated rings. The zero-order chi connectivity index (χ0) is 24.3. The number of hydrogen-bond donors (Lipinski definition) is 1. The van der Waals surface area contributed by atoms with Crippen molar-refractivity contribution in [2.24, 2.45) is 0 Å². The fourth-order valence-corrected chi connectivity index (χ4v) is 5.33. The molecule has 0 heterocycles. The summed E-state index contributed by atoms with van der Waals surface area (Å²) in [4.78, 5) is 12.9. The quantitative estimate of drug-likeness (QED) is 0.458. The molecule has 3 aromatic carbocycles. The zero-order valence-electron chi connectivity index (χ0n) is 19.4. The normalized spacial score (nSPS) is 14.2. The molecule has 1 aliphatic carbocycles. The summed E-state index contributed by atoms with van der Waals surface area (Å²) in [5, 5.41) is 3.65. The Hall–Kier alpha value is -2.83. The third-order valence-electron chi connectivity index (χ3n) is 6.28. The molecule has 0 bridgehead atoms. The van der Waals surface area contributed by atoms with Crippen molar-refractivity contribution >= 4 is 33.2 Å². The largest absolute Gasteiger partial charge is 0.346 e. The van der Waals surface area contributed by atoms with Crippen molar-refractivity contribution < 1.29 is 13.2 Å². The maximum atomic E-state index is 12.9. The van der Waals surface area contributed by atoms with Crippen LogP contribution in [0.4, 0.5) is 5.69 Å². The highest BCUT2D eigenvalue weighted by Gasteiger charge is 2.19. The summed E-state index contributed by atoms with van der Waals surface area (Å²) in [7, 11) is -3.52. The lowest BCUT2D eigenvalue weighted by atomic mass is 9.89. The van der Waals surface area contributed by atoms with Crippen LogP contribution in [0.1, 0.15) is 58.4 Å². The van der Waals surface area contributed by atoms with Crippen molar-refractivity contribution in [3.05, 3.63) is 99.6 Å². The fraction of sp³-hybridized carbons (Fsp3) is 0.296. The highest BCUT2D eigenvalue weighted by Crippen LogP contribution is 2.26. The van der Waals surface area contributed by atoms with E-state index in [0.717, 1.165) is 24.0 Å². The Morgan fingerprint density at radius 1 is 0.971 bits per heavy atom. The molecule has 1 N–H and O–H groups in total. The lowest BCUT2D eigenvalue weighted by Crippen LogP contribution is -2.29. The average Bonchev–Trinajstić information content (AvgIpc) is 2.82. The third kappa shape index (κ3) is 5.80. The van der Waals surface area contributed by atoms with Gasteiger partial charge in [0.25, 0.3) is 5.91 Å². The molecule has 34 heavy (non-hydrogen) atoms. The standard InChI is InChI=1S/C27H29ClN2O3S/c1-19(23-10-9-21-5-3-4-6-24(21)17-23)29-27(31)22-11-15-26(16-12-22)30(34(2,32)33)18-20-7-13-25(28)14-8-20/h7-17,19H,3-6,18H2,1-2H3,(H,29,31)/t19-/m1/s1. The van der Waals surface area contributed by atoms with Gasteiger partial charge in [0.15, 0.2) is 0 Å². The van der Waals surface area contributed by atoms with Gasteiger partial charge in [-0.2, -0.15) is 0 Å². The number of anilines is 1. The summed E-state index contributed by atoms with van der Waals surface area (Å²) in [5.41, 5.74) is 5.69. The smallest absolute Gasteiger partial charge is 0.251 e. The average molecular weight is 497 g/mol. The topological polar surface area (TPSA) is 66.5 Å². The van der Waals surface area contributed by atoms with Crippen LogP contribution in [0.2, 0.25) is 5.02 Å². The molecule has 0 radical (unpaired) electrons. The van der Waals surface area contributed by atoms with Crippen LogP contribution < -0.4 is 9.62 Å². The van der Waals surface area contributed by atoms with E-state index in [1.807, 2.05) is 6.92 Å². The number of fused-ring (bicyclic) bond motifs is 1. The molecule has 0 saturated heterocycles. The summed E-state index contributed by atoms with van der Waals surface area (Å²) in [5.74, 6) is -0.194. The molecule has 0 unspecified atom stereocenters. The van der Waals surface area contributed by atoms with Crippen LogP contribution in [0.5, 0.6) is 0 Å². The molecule has 3 aromatic rings. The van der Waals surface area contributed by atoms with Gasteiger partial charge < -0.3 is 5.32 Å². The van der Waals surface area contributed by atoms with E-state index in [4.69, 9.17) is 11.6 Å². The number of sulfonamides is 1. The maximum absolute atomic E-state index is 12.9. The molecular weight excluding hydrogens is 468 g/mol. The van der Waals surface area contributed by atoms with E-state index >= 15 is 0 Å². The minimum absolute atomic E-state index is 0.128. The van der Waals surface area contributed by atoms with Crippen LogP contribution in [-0.2, 0) is 29.4 Å². The van der Waals surface area contributed by atoms with Gasteiger partial charge in [0.1, 0.15) is 0 Å². The molecular formula is C27H29ClN2O3S. The number of benzene rings is 3. The Morgan fingerprint density at radius 3 is 2.26 bits per heavy atom. The molecule has 1 amide bonds. The van der Waals surface area contributed by atoms with Crippen LogP contribution in [0.15, 0.2) is 66.7 Å². The summed E-state index contributed by atoms with van der Waals surface area (Å²) >= 11 is 5.94. The molecule has 0 saturated carbocycles. The van der Waals surface area contributed by atoms with E-state index in [9.17, 15) is 13.2 Å². The number of rotatable bonds is 7. The van der Waals surface area contributed by atoms with E-state index in [1.165, 1.54) is 34.5 Å². The Kier molecular flexibility index (Phi) is 7.29. The lowest BCUT2D eigenvalue weighted by Gasteiger charge is -2.23. The number of nitrogens with zero attached hydrogens (tertiary/aromatic N) is 1. The van der Waals surface area contributed by atoms with Gasteiger partial charge in [-0.3, -0.25) is 9.10 Å². The molecule has 1 aliphatic rings. The summed E-state index contributed by atoms with van der Waals surface area (Å²) in [6.45, 7) is 2.16. The van der Waals surface area contributed by atoms with E-state index < -0.39 is 10.0 Å². The SMILES string of the molecule is C[C@@H](NC(=O)c1ccc(N(Cc2ccc(Cl)cc2)S(C)(=O)=O)cc1)c1ccc2c(c1)CCCC2. The van der Waals surface area contributed by atoms with Gasteiger partial charge in [-0.1, -0.05) is 41.9 Å². The highest BCUT2D eigenvalue weighted by molar-refractivity contribution is 7.92. The van der Waals surface area contributed by atoms with Gasteiger partial charge in [-0.25, -0.2) is 8.42 Å². The van der Waals surface area contributed by atoms with Gasteiger partial charge in [-0.15, -0.1) is 0 Å². The van der Waals surface area contributed by atoms with Gasteiger partial charge in [-0.05, 0) is 91.3 Å². The summed E-state index contributed by atoms with van der Waals surface area (Å²) < 4.78 is 26.2. The molecule has 0 aliphatic heterocycles. The number of carbonyl (C=O) groups is 1. The van der Waals surface area contributed by atoms with Crippen molar-refractivity contribution in [1.29, 1.82) is 0 Å². The van der Waals surface area contributed by atoms with Crippen LogP contribution in [0, 0.1) is 0 Å². The van der Waals surface area contributed by atoms with E-state index in [2.05, 4.69) is 23.5 Å². The molecule has 0 spiro atoms. The molecule has 7 heteroatoms. The van der Waals surface area contributed by atoms with Crippen molar-refractivity contribution in [2.75, 3.05) is 10.6 Å².